The van der Waals surface area contributed by atoms with Crippen molar-refractivity contribution in [1.82, 2.24) is 4.90 Å². The second-order valence-corrected chi connectivity index (χ2v) is 5.39. The Kier molecular flexibility index (Phi) is 4.18. The van der Waals surface area contributed by atoms with Gasteiger partial charge in [-0.25, -0.2) is 4.39 Å². The Balaban J connectivity index is 1.99. The van der Waals surface area contributed by atoms with E-state index in [-0.39, 0.29) is 24.8 Å². The lowest BCUT2D eigenvalue weighted by Crippen LogP contribution is -2.49. The van der Waals surface area contributed by atoms with E-state index in [0.717, 1.165) is 25.7 Å². The summed E-state index contributed by atoms with van der Waals surface area (Å²) in [4.78, 5) is 13.6. The highest BCUT2D eigenvalue weighted by Gasteiger charge is 2.39. The van der Waals surface area contributed by atoms with Gasteiger partial charge in [-0.15, -0.1) is 0 Å². The van der Waals surface area contributed by atoms with Crippen LogP contribution in [0.4, 0.5) is 4.39 Å². The number of nitriles is 1. The third kappa shape index (κ3) is 2.64. The van der Waals surface area contributed by atoms with Crippen molar-refractivity contribution in [2.24, 2.45) is 11.7 Å². The number of alkyl halides is 1. The molecule has 0 radical (unpaired) electrons. The van der Waals surface area contributed by atoms with Crippen molar-refractivity contribution >= 4 is 5.91 Å². The molecule has 0 aromatic carbocycles. The minimum absolute atomic E-state index is 0.0253. The van der Waals surface area contributed by atoms with Crippen molar-refractivity contribution < 1.29 is 9.18 Å². The summed E-state index contributed by atoms with van der Waals surface area (Å²) < 4.78 is 13.3. The standard InChI is InChI=1S/C13H20FN3O/c14-10-6-11(7-15)17(8-10)13(18)12(16)9-4-2-1-3-5-9/h9-12H,1-6,8,16H2/t10-,11-,12-/m0/s1. The molecule has 1 saturated heterocycles. The van der Waals surface area contributed by atoms with Crippen LogP contribution in [-0.4, -0.2) is 35.6 Å². The highest BCUT2D eigenvalue weighted by atomic mass is 19.1. The van der Waals surface area contributed by atoms with Gasteiger partial charge < -0.3 is 10.6 Å². The maximum Gasteiger partial charge on any atom is 0.240 e. The fourth-order valence-corrected chi connectivity index (χ4v) is 3.04. The van der Waals surface area contributed by atoms with E-state index in [1.54, 1.807) is 0 Å². The molecule has 18 heavy (non-hydrogen) atoms. The van der Waals surface area contributed by atoms with Crippen molar-refractivity contribution in [3.05, 3.63) is 0 Å². The van der Waals surface area contributed by atoms with Gasteiger partial charge in [0.1, 0.15) is 12.2 Å². The first-order valence-corrected chi connectivity index (χ1v) is 6.73. The number of nitrogens with two attached hydrogens (primary N) is 1. The van der Waals surface area contributed by atoms with E-state index in [2.05, 4.69) is 0 Å². The molecule has 4 nitrogen and oxygen atoms in total. The van der Waals surface area contributed by atoms with Gasteiger partial charge in [0.05, 0.1) is 18.7 Å². The number of amides is 1. The van der Waals surface area contributed by atoms with E-state index in [4.69, 9.17) is 11.0 Å². The molecule has 2 N–H and O–H groups in total. The van der Waals surface area contributed by atoms with Gasteiger partial charge in [-0.1, -0.05) is 19.3 Å². The molecule has 1 saturated carbocycles. The van der Waals surface area contributed by atoms with Crippen molar-refractivity contribution in [3.8, 4) is 6.07 Å². The molecule has 5 heteroatoms. The first-order valence-electron chi connectivity index (χ1n) is 6.73. The van der Waals surface area contributed by atoms with Crippen LogP contribution in [0.1, 0.15) is 38.5 Å². The second kappa shape index (κ2) is 5.66. The fraction of sp³-hybridized carbons (Fsp3) is 0.846. The molecule has 0 bridgehead atoms. The first kappa shape index (κ1) is 13.3. The average Bonchev–Trinajstić information content (AvgIpc) is 2.79. The lowest BCUT2D eigenvalue weighted by molar-refractivity contribution is -0.134. The summed E-state index contributed by atoms with van der Waals surface area (Å²) in [6.07, 6.45) is 4.40. The Morgan fingerprint density at radius 1 is 1.39 bits per heavy atom. The minimum atomic E-state index is -1.09. The molecule has 0 unspecified atom stereocenters. The third-order valence-corrected chi connectivity index (χ3v) is 4.12. The SMILES string of the molecule is N#C[C@@H]1C[C@H](F)CN1C(=O)[C@@H](N)C1CCCCC1. The molecule has 1 heterocycles. The summed E-state index contributed by atoms with van der Waals surface area (Å²) in [6, 6.07) is 0.792. The highest BCUT2D eigenvalue weighted by Crippen LogP contribution is 2.28. The van der Waals surface area contributed by atoms with Crippen LogP contribution in [0.15, 0.2) is 0 Å². The number of hydrogen-bond donors (Lipinski definition) is 1. The van der Waals surface area contributed by atoms with Crippen LogP contribution >= 0.6 is 0 Å². The van der Waals surface area contributed by atoms with E-state index in [0.29, 0.717) is 0 Å². The second-order valence-electron chi connectivity index (χ2n) is 5.39. The van der Waals surface area contributed by atoms with E-state index in [9.17, 15) is 9.18 Å². The Hall–Kier alpha value is -1.15. The highest BCUT2D eigenvalue weighted by molar-refractivity contribution is 5.83. The van der Waals surface area contributed by atoms with E-state index in [1.807, 2.05) is 6.07 Å². The van der Waals surface area contributed by atoms with Gasteiger partial charge in [-0.3, -0.25) is 4.79 Å². The van der Waals surface area contributed by atoms with Crippen molar-refractivity contribution in [2.45, 2.75) is 56.8 Å². The van der Waals surface area contributed by atoms with Gasteiger partial charge in [0.15, 0.2) is 0 Å². The zero-order chi connectivity index (χ0) is 13.1. The van der Waals surface area contributed by atoms with Crippen LogP contribution in [-0.2, 0) is 4.79 Å². The summed E-state index contributed by atoms with van der Waals surface area (Å²) in [5.74, 6) is -0.0437. The number of rotatable bonds is 2. The third-order valence-electron chi connectivity index (χ3n) is 4.12. The maximum absolute atomic E-state index is 13.3. The zero-order valence-electron chi connectivity index (χ0n) is 10.5. The van der Waals surface area contributed by atoms with E-state index < -0.39 is 18.3 Å². The molecule has 2 rings (SSSR count). The minimum Gasteiger partial charge on any atom is -0.322 e. The summed E-state index contributed by atoms with van der Waals surface area (Å²) in [7, 11) is 0. The van der Waals surface area contributed by atoms with Crippen LogP contribution in [0.3, 0.4) is 0 Å². The molecule has 2 fully saturated rings. The van der Waals surface area contributed by atoms with E-state index >= 15 is 0 Å². The van der Waals surface area contributed by atoms with Crippen molar-refractivity contribution in [1.29, 1.82) is 5.26 Å². The van der Waals surface area contributed by atoms with Gasteiger partial charge in [0, 0.05) is 6.42 Å². The maximum atomic E-state index is 13.3. The topological polar surface area (TPSA) is 70.1 Å². The van der Waals surface area contributed by atoms with Gasteiger partial charge in [-0.2, -0.15) is 5.26 Å². The molecule has 1 aliphatic carbocycles. The molecule has 1 aliphatic heterocycles. The Morgan fingerprint density at radius 2 is 2.06 bits per heavy atom. The quantitative estimate of drug-likeness (QED) is 0.807. The lowest BCUT2D eigenvalue weighted by Gasteiger charge is -2.30. The predicted octanol–water partition coefficient (Wildman–Crippen LogP) is 1.36. The molecule has 0 aromatic heterocycles. The largest absolute Gasteiger partial charge is 0.322 e. The number of hydrogen-bond acceptors (Lipinski definition) is 3. The number of likely N-dealkylation sites (tertiary alicyclic amines) is 1. The predicted molar refractivity (Wildman–Crippen MR) is 65.2 cm³/mol. The Morgan fingerprint density at radius 3 is 2.67 bits per heavy atom. The normalized spacial score (nSPS) is 31.1. The van der Waals surface area contributed by atoms with Crippen LogP contribution in [0.2, 0.25) is 0 Å². The summed E-state index contributed by atoms with van der Waals surface area (Å²) >= 11 is 0. The molecule has 3 atom stereocenters. The number of carbonyl (C=O) groups is 1. The molecule has 0 aromatic rings. The van der Waals surface area contributed by atoms with Crippen LogP contribution in [0, 0.1) is 17.2 Å². The summed E-state index contributed by atoms with van der Waals surface area (Å²) in [5, 5.41) is 8.94. The molecule has 100 valence electrons. The Bertz CT molecular complexity index is 349. The van der Waals surface area contributed by atoms with Crippen molar-refractivity contribution in [2.75, 3.05) is 6.54 Å². The zero-order valence-corrected chi connectivity index (χ0v) is 10.5. The first-order chi connectivity index (χ1) is 8.63. The molecule has 1 amide bonds. The Labute approximate surface area is 107 Å². The number of nitrogens with zero attached hydrogens (tertiary/aromatic N) is 2. The lowest BCUT2D eigenvalue weighted by atomic mass is 9.83. The molecular formula is C13H20FN3O. The number of carbonyl (C=O) groups excluding carboxylic acids is 1. The van der Waals surface area contributed by atoms with Gasteiger partial charge >= 0.3 is 0 Å². The summed E-state index contributed by atoms with van der Waals surface area (Å²) in [6.45, 7) is 0.0253. The van der Waals surface area contributed by atoms with Gasteiger partial charge in [0.2, 0.25) is 5.91 Å². The summed E-state index contributed by atoms with van der Waals surface area (Å²) in [5.41, 5.74) is 6.01. The van der Waals surface area contributed by atoms with Gasteiger partial charge in [-0.05, 0) is 18.8 Å². The smallest absolute Gasteiger partial charge is 0.240 e. The van der Waals surface area contributed by atoms with Crippen LogP contribution in [0.25, 0.3) is 0 Å². The number of halogens is 1. The van der Waals surface area contributed by atoms with Crippen LogP contribution < -0.4 is 5.73 Å². The monoisotopic (exact) mass is 253 g/mol. The molecule has 0 spiro atoms. The average molecular weight is 253 g/mol. The molecular weight excluding hydrogens is 233 g/mol. The van der Waals surface area contributed by atoms with E-state index in [1.165, 1.54) is 11.3 Å². The van der Waals surface area contributed by atoms with Gasteiger partial charge in [0.25, 0.3) is 0 Å². The fourth-order valence-electron chi connectivity index (χ4n) is 3.04. The van der Waals surface area contributed by atoms with Crippen molar-refractivity contribution in [3.63, 3.8) is 0 Å². The van der Waals surface area contributed by atoms with Crippen LogP contribution in [0.5, 0.6) is 0 Å². The molecule has 2 aliphatic rings.